The minimum Gasteiger partial charge on any atom is -0.387 e. The number of aromatic nitrogens is 8. The van der Waals surface area contributed by atoms with Gasteiger partial charge in [-0.15, -0.1) is 0 Å². The van der Waals surface area contributed by atoms with Gasteiger partial charge in [0.1, 0.15) is 36.6 Å². The second-order valence-electron chi connectivity index (χ2n) is 9.48. The number of nitrogens with zero attached hydrogens (tertiary/aromatic N) is 6. The van der Waals surface area contributed by atoms with Gasteiger partial charge >= 0.3 is 7.82 Å². The molecule has 1 unspecified atom stereocenters. The quantitative estimate of drug-likeness (QED) is 0.0883. The summed E-state index contributed by atoms with van der Waals surface area (Å²) in [6.07, 6.45) is -8.08. The van der Waals surface area contributed by atoms with Crippen LogP contribution in [0.25, 0.3) is 22.3 Å². The number of aliphatic hydroxyl groups excluding tert-OH is 4. The average Bonchev–Trinajstić information content (AvgIpc) is 3.69. The molecule has 2 fully saturated rings. The summed E-state index contributed by atoms with van der Waals surface area (Å²) in [6.45, 7) is -1.45. The number of nitrogens with one attached hydrogen (secondary N) is 2. The van der Waals surface area contributed by atoms with E-state index in [1.807, 2.05) is 0 Å². The molecule has 2 aliphatic rings. The highest BCUT2D eigenvalue weighted by molar-refractivity contribution is 7.47. The SMILES string of the molecule is Nc1nc2c(ncn2[C@@H]2O[C@H](COP(=O)(O)OC[C@H]3O[C@@H](n4cnc5c(=O)[nH]cnc54)[C@H](O)[C@@H]3O)[C@@H](O)[C@H]2O)c(=O)[nH]1. The van der Waals surface area contributed by atoms with Crippen LogP contribution in [0.5, 0.6) is 0 Å². The van der Waals surface area contributed by atoms with E-state index in [1.165, 1.54) is 15.5 Å². The Labute approximate surface area is 231 Å². The van der Waals surface area contributed by atoms with Crippen LogP contribution < -0.4 is 16.9 Å². The number of ether oxygens (including phenoxy) is 2. The number of fused-ring (bicyclic) bond motifs is 2. The predicted molar refractivity (Wildman–Crippen MR) is 134 cm³/mol. The molecule has 0 spiro atoms. The normalized spacial score (nSPS) is 31.3. The number of aromatic amines is 2. The highest BCUT2D eigenvalue weighted by atomic mass is 31.2. The van der Waals surface area contributed by atoms with Gasteiger partial charge < -0.3 is 45.5 Å². The molecule has 0 aromatic carbocycles. The van der Waals surface area contributed by atoms with Crippen molar-refractivity contribution < 1.29 is 48.4 Å². The zero-order chi connectivity index (χ0) is 29.9. The van der Waals surface area contributed by atoms with E-state index in [-0.39, 0.29) is 28.3 Å². The van der Waals surface area contributed by atoms with Crippen molar-refractivity contribution in [3.63, 3.8) is 0 Å². The number of anilines is 1. The third kappa shape index (κ3) is 4.90. The summed E-state index contributed by atoms with van der Waals surface area (Å²) in [5.41, 5.74) is 4.31. The maximum absolute atomic E-state index is 12.6. The van der Waals surface area contributed by atoms with Gasteiger partial charge in [-0.2, -0.15) is 4.98 Å². The number of aliphatic hydroxyl groups is 4. The molecule has 4 aromatic rings. The monoisotopic (exact) mass is 613 g/mol. The number of H-pyrrole nitrogens is 2. The molecule has 2 aliphatic heterocycles. The van der Waals surface area contributed by atoms with Crippen LogP contribution in [0.1, 0.15) is 12.5 Å². The Morgan fingerprint density at radius 2 is 1.38 bits per heavy atom. The molecule has 9 atom stereocenters. The Hall–Kier alpha value is -3.63. The van der Waals surface area contributed by atoms with Gasteiger partial charge in [-0.05, 0) is 0 Å². The molecule has 0 saturated carbocycles. The lowest BCUT2D eigenvalue weighted by molar-refractivity contribution is -0.0608. The molecule has 0 radical (unpaired) electrons. The Morgan fingerprint density at radius 3 is 1.95 bits per heavy atom. The fourth-order valence-corrected chi connectivity index (χ4v) is 5.49. The van der Waals surface area contributed by atoms with E-state index in [1.54, 1.807) is 0 Å². The van der Waals surface area contributed by atoms with Gasteiger partial charge in [0.25, 0.3) is 11.1 Å². The zero-order valence-electron chi connectivity index (χ0n) is 21.1. The number of nitrogens with two attached hydrogens (primary N) is 1. The second kappa shape index (κ2) is 10.6. The van der Waals surface area contributed by atoms with E-state index in [0.717, 1.165) is 12.7 Å². The van der Waals surface area contributed by atoms with E-state index in [2.05, 4.69) is 29.9 Å². The summed E-state index contributed by atoms with van der Waals surface area (Å²) in [7, 11) is -4.86. The highest BCUT2D eigenvalue weighted by Gasteiger charge is 2.47. The summed E-state index contributed by atoms with van der Waals surface area (Å²) in [5, 5.41) is 41.9. The lowest BCUT2D eigenvalue weighted by atomic mass is 10.1. The predicted octanol–water partition coefficient (Wildman–Crippen LogP) is -3.79. The largest absolute Gasteiger partial charge is 0.472 e. The zero-order valence-corrected chi connectivity index (χ0v) is 22.0. The van der Waals surface area contributed by atoms with E-state index in [9.17, 15) is 39.5 Å². The van der Waals surface area contributed by atoms with Crippen LogP contribution in [0.3, 0.4) is 0 Å². The van der Waals surface area contributed by atoms with E-state index in [4.69, 9.17) is 24.3 Å². The molecule has 42 heavy (non-hydrogen) atoms. The third-order valence-electron chi connectivity index (χ3n) is 6.84. The Morgan fingerprint density at radius 1 is 0.857 bits per heavy atom. The van der Waals surface area contributed by atoms with Crippen LogP contribution in [0, 0.1) is 0 Å². The van der Waals surface area contributed by atoms with Crippen LogP contribution in [0.2, 0.25) is 0 Å². The first-order chi connectivity index (χ1) is 19.9. The summed E-state index contributed by atoms with van der Waals surface area (Å²) < 4.78 is 36.0. The molecule has 6 heterocycles. The molecular formula is C20H24N9O12P. The van der Waals surface area contributed by atoms with Gasteiger partial charge in [-0.25, -0.2) is 19.5 Å². The molecule has 0 bridgehead atoms. The summed E-state index contributed by atoms with van der Waals surface area (Å²) in [6, 6.07) is 0. The standard InChI is InChI=1S/C20H24N9O12P/c21-20-26-15-9(17(35)27-20)25-5-29(15)19-13(33)11(31)7(41-19)2-39-42(36,37)38-1-6-10(30)12(32)18(40-6)28-4-24-8-14(28)22-3-23-16(8)34/h3-7,10-13,18-19,30-33H,1-2H2,(H,36,37)(H,22,23,34)(H3,21,26,27,35)/t6-,7-,10-,11-,12-,13-,18-,19-/m1/s1. The van der Waals surface area contributed by atoms with Gasteiger partial charge in [0.2, 0.25) is 5.95 Å². The van der Waals surface area contributed by atoms with Crippen LogP contribution >= 0.6 is 7.82 Å². The first kappa shape index (κ1) is 28.5. The Kier molecular flexibility index (Phi) is 7.17. The number of phosphoric acid groups is 1. The fraction of sp³-hybridized carbons (Fsp3) is 0.500. The molecule has 0 amide bonds. The molecule has 21 nitrogen and oxygen atoms in total. The molecule has 2 saturated heterocycles. The Bertz CT molecular complexity index is 1790. The molecular weight excluding hydrogens is 589 g/mol. The molecule has 226 valence electrons. The molecule has 22 heteroatoms. The molecule has 4 aromatic heterocycles. The average molecular weight is 613 g/mol. The minimum absolute atomic E-state index is 0.0327. The van der Waals surface area contributed by atoms with Crippen molar-refractivity contribution >= 4 is 36.1 Å². The molecule has 0 aliphatic carbocycles. The number of hydrogen-bond donors (Lipinski definition) is 8. The Balaban J connectivity index is 1.08. The van der Waals surface area contributed by atoms with Crippen molar-refractivity contribution in [3.05, 3.63) is 39.7 Å². The van der Waals surface area contributed by atoms with Crippen molar-refractivity contribution in [2.45, 2.75) is 49.1 Å². The summed E-state index contributed by atoms with van der Waals surface area (Å²) in [4.78, 5) is 54.5. The summed E-state index contributed by atoms with van der Waals surface area (Å²) >= 11 is 0. The van der Waals surface area contributed by atoms with Gasteiger partial charge in [0.05, 0.1) is 32.2 Å². The highest BCUT2D eigenvalue weighted by Crippen LogP contribution is 2.45. The van der Waals surface area contributed by atoms with E-state index in [0.29, 0.717) is 0 Å². The fourth-order valence-electron chi connectivity index (χ4n) is 4.74. The van der Waals surface area contributed by atoms with Gasteiger partial charge in [-0.1, -0.05) is 0 Å². The van der Waals surface area contributed by atoms with Crippen molar-refractivity contribution in [3.8, 4) is 0 Å². The van der Waals surface area contributed by atoms with Crippen molar-refractivity contribution in [2.24, 2.45) is 0 Å². The topological polar surface area (TPSA) is 308 Å². The van der Waals surface area contributed by atoms with Gasteiger partial charge in [0.15, 0.2) is 34.8 Å². The molecule has 9 N–H and O–H groups in total. The van der Waals surface area contributed by atoms with Crippen LogP contribution in [0.4, 0.5) is 5.95 Å². The number of hydrogen-bond acceptors (Lipinski definition) is 16. The lowest BCUT2D eigenvalue weighted by Crippen LogP contribution is -2.34. The van der Waals surface area contributed by atoms with Gasteiger partial charge in [0, 0.05) is 0 Å². The van der Waals surface area contributed by atoms with E-state index < -0.39 is 81.2 Å². The molecule has 6 rings (SSSR count). The van der Waals surface area contributed by atoms with Crippen molar-refractivity contribution in [1.29, 1.82) is 0 Å². The minimum atomic E-state index is -4.86. The number of imidazole rings is 2. The van der Waals surface area contributed by atoms with Crippen LogP contribution in [-0.2, 0) is 23.1 Å². The lowest BCUT2D eigenvalue weighted by Gasteiger charge is -2.20. The van der Waals surface area contributed by atoms with Gasteiger partial charge in [-0.3, -0.25) is 32.8 Å². The van der Waals surface area contributed by atoms with Crippen LogP contribution in [-0.4, -0.2) is 114 Å². The first-order valence-corrected chi connectivity index (χ1v) is 13.7. The maximum Gasteiger partial charge on any atom is 0.472 e. The smallest absolute Gasteiger partial charge is 0.387 e. The number of phosphoric ester groups is 1. The third-order valence-corrected chi connectivity index (χ3v) is 7.79. The summed E-state index contributed by atoms with van der Waals surface area (Å²) in [5.74, 6) is -0.221. The van der Waals surface area contributed by atoms with E-state index >= 15 is 0 Å². The van der Waals surface area contributed by atoms with Crippen LogP contribution in [0.15, 0.2) is 28.6 Å². The number of nitrogen functional groups attached to an aromatic ring is 1. The maximum atomic E-state index is 12.6. The van der Waals surface area contributed by atoms with Crippen molar-refractivity contribution in [1.82, 2.24) is 39.0 Å². The number of rotatable bonds is 8. The first-order valence-electron chi connectivity index (χ1n) is 12.2. The second-order valence-corrected chi connectivity index (χ2v) is 10.9. The van der Waals surface area contributed by atoms with Crippen molar-refractivity contribution in [2.75, 3.05) is 18.9 Å².